The Labute approximate surface area is 143 Å². The lowest BCUT2D eigenvalue weighted by Gasteiger charge is -2.10. The van der Waals surface area contributed by atoms with E-state index in [0.29, 0.717) is 12.5 Å². The molecule has 3 nitrogen and oxygen atoms in total. The number of carbonyl (C=O) groups is 1. The van der Waals surface area contributed by atoms with Gasteiger partial charge in [-0.1, -0.05) is 36.7 Å². The normalized spacial score (nSPS) is 15.0. The fourth-order valence-electron chi connectivity index (χ4n) is 2.67. The maximum atomic E-state index is 12.9. The first-order chi connectivity index (χ1) is 11.2. The molecule has 1 saturated carbocycles. The van der Waals surface area contributed by atoms with Gasteiger partial charge in [0.25, 0.3) is 0 Å². The highest BCUT2D eigenvalue weighted by Gasteiger charge is 2.17. The number of hydrogen-bond acceptors (Lipinski definition) is 4. The second-order valence-corrected chi connectivity index (χ2v) is 7.83. The number of nitrogens with one attached hydrogen (secondary N) is 1. The second-order valence-electron chi connectivity index (χ2n) is 5.75. The van der Waals surface area contributed by atoms with Crippen LogP contribution in [0.15, 0.2) is 34.0 Å². The third-order valence-corrected chi connectivity index (χ3v) is 6.01. The van der Waals surface area contributed by atoms with Crippen molar-refractivity contribution in [1.29, 1.82) is 0 Å². The molecule has 1 aromatic carbocycles. The SMILES string of the molecule is O=C(Cc1csc(SCc2ccc(F)cc2)n1)NC1CCCC1. The monoisotopic (exact) mass is 350 g/mol. The molecule has 0 unspecified atom stereocenters. The van der Waals surface area contributed by atoms with Crippen molar-refractivity contribution < 1.29 is 9.18 Å². The molecule has 3 rings (SSSR count). The summed E-state index contributed by atoms with van der Waals surface area (Å²) in [5.74, 6) is 0.599. The molecule has 6 heteroatoms. The molecule has 0 spiro atoms. The van der Waals surface area contributed by atoms with Crippen molar-refractivity contribution in [3.63, 3.8) is 0 Å². The van der Waals surface area contributed by atoms with Gasteiger partial charge in [-0.3, -0.25) is 4.79 Å². The van der Waals surface area contributed by atoms with Gasteiger partial charge in [-0.05, 0) is 30.5 Å². The molecule has 1 aromatic heterocycles. The van der Waals surface area contributed by atoms with E-state index in [1.165, 1.54) is 25.0 Å². The van der Waals surface area contributed by atoms with Crippen LogP contribution in [0.2, 0.25) is 0 Å². The maximum absolute atomic E-state index is 12.9. The van der Waals surface area contributed by atoms with E-state index in [0.717, 1.165) is 34.2 Å². The van der Waals surface area contributed by atoms with Gasteiger partial charge < -0.3 is 5.32 Å². The average Bonchev–Trinajstić information content (AvgIpc) is 3.19. The molecule has 1 heterocycles. The largest absolute Gasteiger partial charge is 0.353 e. The molecule has 0 atom stereocenters. The van der Waals surface area contributed by atoms with Crippen LogP contribution in [-0.2, 0) is 17.0 Å². The first-order valence-electron chi connectivity index (χ1n) is 7.80. The van der Waals surface area contributed by atoms with Gasteiger partial charge in [-0.2, -0.15) is 0 Å². The van der Waals surface area contributed by atoms with Crippen molar-refractivity contribution in [3.05, 3.63) is 46.7 Å². The number of thiazole rings is 1. The number of amides is 1. The fourth-order valence-corrected chi connectivity index (χ4v) is 4.48. The van der Waals surface area contributed by atoms with Gasteiger partial charge in [-0.25, -0.2) is 9.37 Å². The fraction of sp³-hybridized carbons (Fsp3) is 0.412. The molecule has 122 valence electrons. The highest BCUT2D eigenvalue weighted by Crippen LogP contribution is 2.26. The number of hydrogen-bond donors (Lipinski definition) is 1. The minimum atomic E-state index is -0.219. The number of halogens is 1. The third kappa shape index (κ3) is 5.04. The Balaban J connectivity index is 1.47. The molecule has 0 radical (unpaired) electrons. The van der Waals surface area contributed by atoms with Gasteiger partial charge in [0, 0.05) is 17.2 Å². The van der Waals surface area contributed by atoms with E-state index in [1.54, 1.807) is 35.2 Å². The first-order valence-corrected chi connectivity index (χ1v) is 9.66. The lowest BCUT2D eigenvalue weighted by molar-refractivity contribution is -0.121. The van der Waals surface area contributed by atoms with Gasteiger partial charge in [0.1, 0.15) is 10.2 Å². The predicted octanol–water partition coefficient (Wildman–Crippen LogP) is 4.18. The van der Waals surface area contributed by atoms with Crippen molar-refractivity contribution in [3.8, 4) is 0 Å². The Morgan fingerprint density at radius 3 is 2.78 bits per heavy atom. The Kier molecular flexibility index (Phi) is 5.67. The van der Waals surface area contributed by atoms with Gasteiger partial charge in [0.05, 0.1) is 12.1 Å². The smallest absolute Gasteiger partial charge is 0.226 e. The zero-order chi connectivity index (χ0) is 16.1. The van der Waals surface area contributed by atoms with Crippen LogP contribution in [0.3, 0.4) is 0 Å². The number of nitrogens with zero attached hydrogens (tertiary/aromatic N) is 1. The molecule has 0 saturated heterocycles. The molecule has 0 bridgehead atoms. The Morgan fingerprint density at radius 1 is 1.30 bits per heavy atom. The van der Waals surface area contributed by atoms with E-state index in [1.807, 2.05) is 5.38 Å². The van der Waals surface area contributed by atoms with E-state index < -0.39 is 0 Å². The Morgan fingerprint density at radius 2 is 2.04 bits per heavy atom. The van der Waals surface area contributed by atoms with E-state index in [4.69, 9.17) is 0 Å². The van der Waals surface area contributed by atoms with Crippen LogP contribution in [-0.4, -0.2) is 16.9 Å². The second kappa shape index (κ2) is 7.93. The molecule has 0 aliphatic heterocycles. The number of aromatic nitrogens is 1. The predicted molar refractivity (Wildman–Crippen MR) is 92.2 cm³/mol. The van der Waals surface area contributed by atoms with E-state index in [-0.39, 0.29) is 11.7 Å². The Bertz CT molecular complexity index is 651. The molecule has 1 amide bonds. The quantitative estimate of drug-likeness (QED) is 0.795. The van der Waals surface area contributed by atoms with Crippen molar-refractivity contribution in [1.82, 2.24) is 10.3 Å². The zero-order valence-corrected chi connectivity index (χ0v) is 14.4. The summed E-state index contributed by atoms with van der Waals surface area (Å²) in [6.07, 6.45) is 4.98. The summed E-state index contributed by atoms with van der Waals surface area (Å²) in [5, 5.41) is 5.03. The number of rotatable bonds is 6. The number of carbonyl (C=O) groups excluding carboxylic acids is 1. The Hall–Kier alpha value is -1.40. The summed E-state index contributed by atoms with van der Waals surface area (Å²) in [6, 6.07) is 6.86. The maximum Gasteiger partial charge on any atom is 0.226 e. The summed E-state index contributed by atoms with van der Waals surface area (Å²) in [5.41, 5.74) is 1.89. The number of thioether (sulfide) groups is 1. The van der Waals surface area contributed by atoms with E-state index >= 15 is 0 Å². The van der Waals surface area contributed by atoms with Gasteiger partial charge in [0.2, 0.25) is 5.91 Å². The van der Waals surface area contributed by atoms with Crippen molar-refractivity contribution >= 4 is 29.0 Å². The number of benzene rings is 1. The summed E-state index contributed by atoms with van der Waals surface area (Å²) < 4.78 is 13.8. The summed E-state index contributed by atoms with van der Waals surface area (Å²) in [7, 11) is 0. The molecule has 2 aromatic rings. The molecular weight excluding hydrogens is 331 g/mol. The van der Waals surface area contributed by atoms with Gasteiger partial charge in [-0.15, -0.1) is 11.3 Å². The lowest BCUT2D eigenvalue weighted by Crippen LogP contribution is -2.33. The summed E-state index contributed by atoms with van der Waals surface area (Å²) >= 11 is 3.17. The van der Waals surface area contributed by atoms with Crippen molar-refractivity contribution in [2.75, 3.05) is 0 Å². The standard InChI is InChI=1S/C17H19FN2OS2/c18-13-7-5-12(6-8-13)10-22-17-20-15(11-23-17)9-16(21)19-14-3-1-2-4-14/h5-8,11,14H,1-4,9-10H2,(H,19,21). The van der Waals surface area contributed by atoms with Gasteiger partial charge in [0.15, 0.2) is 0 Å². The highest BCUT2D eigenvalue weighted by atomic mass is 32.2. The molecule has 1 aliphatic rings. The molecule has 1 aliphatic carbocycles. The summed E-state index contributed by atoms with van der Waals surface area (Å²) in [4.78, 5) is 16.5. The highest BCUT2D eigenvalue weighted by molar-refractivity contribution is 8.00. The topological polar surface area (TPSA) is 42.0 Å². The van der Waals surface area contributed by atoms with Crippen LogP contribution in [0.1, 0.15) is 36.9 Å². The van der Waals surface area contributed by atoms with Crippen LogP contribution >= 0.6 is 23.1 Å². The van der Waals surface area contributed by atoms with Crippen LogP contribution in [0.25, 0.3) is 0 Å². The zero-order valence-electron chi connectivity index (χ0n) is 12.8. The third-order valence-electron chi connectivity index (χ3n) is 3.87. The molecule has 1 N–H and O–H groups in total. The minimum Gasteiger partial charge on any atom is -0.353 e. The van der Waals surface area contributed by atoms with E-state index in [2.05, 4.69) is 10.3 Å². The summed E-state index contributed by atoms with van der Waals surface area (Å²) in [6.45, 7) is 0. The van der Waals surface area contributed by atoms with Gasteiger partial charge >= 0.3 is 0 Å². The average molecular weight is 350 g/mol. The van der Waals surface area contributed by atoms with Crippen LogP contribution in [0.5, 0.6) is 0 Å². The van der Waals surface area contributed by atoms with Crippen molar-refractivity contribution in [2.24, 2.45) is 0 Å². The van der Waals surface area contributed by atoms with Crippen molar-refractivity contribution in [2.45, 2.75) is 48.2 Å². The lowest BCUT2D eigenvalue weighted by atomic mass is 10.2. The van der Waals surface area contributed by atoms with Crippen LogP contribution in [0, 0.1) is 5.82 Å². The van der Waals surface area contributed by atoms with Crippen LogP contribution < -0.4 is 5.32 Å². The molecular formula is C17H19FN2OS2. The molecule has 1 fully saturated rings. The van der Waals surface area contributed by atoms with Crippen LogP contribution in [0.4, 0.5) is 4.39 Å². The molecule has 23 heavy (non-hydrogen) atoms. The minimum absolute atomic E-state index is 0.0669. The van der Waals surface area contributed by atoms with E-state index in [9.17, 15) is 9.18 Å². The first kappa shape index (κ1) is 16.5.